The normalized spacial score (nSPS) is 17.5. The average molecular weight is 262 g/mol. The van der Waals surface area contributed by atoms with Gasteiger partial charge in [0.1, 0.15) is 0 Å². The predicted molar refractivity (Wildman–Crippen MR) is 78.8 cm³/mol. The highest BCUT2D eigenvalue weighted by Gasteiger charge is 2.29. The van der Waals surface area contributed by atoms with E-state index in [1.54, 1.807) is 7.11 Å². The van der Waals surface area contributed by atoms with Gasteiger partial charge in [0.25, 0.3) is 0 Å². The molecule has 0 heterocycles. The van der Waals surface area contributed by atoms with Gasteiger partial charge in [0.05, 0.1) is 5.60 Å². The van der Waals surface area contributed by atoms with Gasteiger partial charge in [-0.3, -0.25) is 11.3 Å². The molecule has 0 aliphatic heterocycles. The molecule has 0 aromatic heterocycles. The van der Waals surface area contributed by atoms with E-state index < -0.39 is 0 Å². The molecule has 0 fully saturated rings. The zero-order valence-electron chi connectivity index (χ0n) is 12.3. The Kier molecular flexibility index (Phi) is 4.61. The Bertz CT molecular complexity index is 392. The molecule has 0 saturated carbocycles. The molecule has 3 heteroatoms. The van der Waals surface area contributed by atoms with E-state index in [0.717, 1.165) is 25.7 Å². The first-order valence-corrected chi connectivity index (χ1v) is 7.14. The quantitative estimate of drug-likeness (QED) is 0.611. The molecule has 0 bridgehead atoms. The summed E-state index contributed by atoms with van der Waals surface area (Å²) in [6.45, 7) is 4.26. The molecule has 1 aliphatic carbocycles. The highest BCUT2D eigenvalue weighted by molar-refractivity contribution is 5.32. The van der Waals surface area contributed by atoms with E-state index in [9.17, 15) is 0 Å². The molecule has 106 valence electrons. The van der Waals surface area contributed by atoms with Gasteiger partial charge in [-0.25, -0.2) is 0 Å². The smallest absolute Gasteiger partial charge is 0.0623 e. The number of fused-ring (bicyclic) bond motifs is 1. The lowest BCUT2D eigenvalue weighted by molar-refractivity contribution is 0.0103. The molecular formula is C16H26N2O. The number of methoxy groups -OCH3 is 1. The van der Waals surface area contributed by atoms with Crippen LogP contribution in [0, 0.1) is 5.92 Å². The summed E-state index contributed by atoms with van der Waals surface area (Å²) in [6.07, 6.45) is 4.35. The van der Waals surface area contributed by atoms with Crippen LogP contribution >= 0.6 is 0 Å². The van der Waals surface area contributed by atoms with Crippen molar-refractivity contribution >= 4 is 0 Å². The van der Waals surface area contributed by atoms with Crippen LogP contribution in [0.1, 0.15) is 37.8 Å². The van der Waals surface area contributed by atoms with E-state index in [4.69, 9.17) is 10.6 Å². The Balaban J connectivity index is 1.94. The maximum absolute atomic E-state index is 5.77. The fourth-order valence-corrected chi connectivity index (χ4v) is 2.94. The number of nitrogens with one attached hydrogen (secondary N) is 1. The molecule has 1 atom stereocenters. The largest absolute Gasteiger partial charge is 0.379 e. The van der Waals surface area contributed by atoms with Gasteiger partial charge in [0, 0.05) is 13.2 Å². The molecule has 1 unspecified atom stereocenters. The first-order chi connectivity index (χ1) is 9.05. The van der Waals surface area contributed by atoms with Crippen LogP contribution in [0.15, 0.2) is 24.3 Å². The van der Waals surface area contributed by atoms with Crippen molar-refractivity contribution in [3.05, 3.63) is 35.4 Å². The van der Waals surface area contributed by atoms with E-state index in [2.05, 4.69) is 43.5 Å². The highest BCUT2D eigenvalue weighted by atomic mass is 16.5. The SMILES string of the molecule is COC(C)(C)CCC(NN)C1Cc2ccccc2C1. The molecule has 1 aromatic rings. The lowest BCUT2D eigenvalue weighted by atomic mass is 9.89. The lowest BCUT2D eigenvalue weighted by Crippen LogP contribution is -2.42. The number of rotatable bonds is 6. The fraction of sp³-hybridized carbons (Fsp3) is 0.625. The van der Waals surface area contributed by atoms with E-state index in [0.29, 0.717) is 12.0 Å². The van der Waals surface area contributed by atoms with Crippen molar-refractivity contribution in [3.8, 4) is 0 Å². The summed E-state index contributed by atoms with van der Waals surface area (Å²) >= 11 is 0. The Labute approximate surface area is 116 Å². The van der Waals surface area contributed by atoms with Gasteiger partial charge in [-0.05, 0) is 56.6 Å². The van der Waals surface area contributed by atoms with E-state index in [1.165, 1.54) is 11.1 Å². The molecule has 2 rings (SSSR count). The van der Waals surface area contributed by atoms with Crippen molar-refractivity contribution in [2.45, 2.75) is 51.2 Å². The maximum Gasteiger partial charge on any atom is 0.0623 e. The van der Waals surface area contributed by atoms with Gasteiger partial charge < -0.3 is 4.74 Å². The van der Waals surface area contributed by atoms with Crippen LogP contribution in [0.25, 0.3) is 0 Å². The number of benzene rings is 1. The fourth-order valence-electron chi connectivity index (χ4n) is 2.94. The van der Waals surface area contributed by atoms with Crippen LogP contribution in [0.4, 0.5) is 0 Å². The van der Waals surface area contributed by atoms with Crippen LogP contribution in [0.3, 0.4) is 0 Å². The summed E-state index contributed by atoms with van der Waals surface area (Å²) in [4.78, 5) is 0. The molecule has 1 aliphatic rings. The van der Waals surface area contributed by atoms with E-state index in [1.807, 2.05) is 0 Å². The molecule has 3 N–H and O–H groups in total. The van der Waals surface area contributed by atoms with Crippen molar-refractivity contribution in [2.75, 3.05) is 7.11 Å². The average Bonchev–Trinajstić information content (AvgIpc) is 2.83. The van der Waals surface area contributed by atoms with E-state index in [-0.39, 0.29) is 5.60 Å². The molecule has 0 saturated heterocycles. The molecule has 0 radical (unpaired) electrons. The van der Waals surface area contributed by atoms with Gasteiger partial charge in [-0.15, -0.1) is 0 Å². The summed E-state index contributed by atoms with van der Waals surface area (Å²) in [7, 11) is 1.77. The van der Waals surface area contributed by atoms with E-state index >= 15 is 0 Å². The van der Waals surface area contributed by atoms with Crippen LogP contribution in [0.5, 0.6) is 0 Å². The van der Waals surface area contributed by atoms with Gasteiger partial charge in [0.2, 0.25) is 0 Å². The lowest BCUT2D eigenvalue weighted by Gasteiger charge is -2.28. The summed E-state index contributed by atoms with van der Waals surface area (Å²) in [6, 6.07) is 9.09. The minimum atomic E-state index is -0.0689. The molecule has 1 aromatic carbocycles. The van der Waals surface area contributed by atoms with Crippen LogP contribution in [0.2, 0.25) is 0 Å². The van der Waals surface area contributed by atoms with Crippen LogP contribution < -0.4 is 11.3 Å². The molecule has 0 spiro atoms. The predicted octanol–water partition coefficient (Wildman–Crippen LogP) is 2.44. The number of hydrogen-bond acceptors (Lipinski definition) is 3. The first kappa shape index (κ1) is 14.5. The maximum atomic E-state index is 5.77. The zero-order valence-corrected chi connectivity index (χ0v) is 12.3. The monoisotopic (exact) mass is 262 g/mol. The van der Waals surface area contributed by atoms with Gasteiger partial charge in [-0.2, -0.15) is 0 Å². The van der Waals surface area contributed by atoms with Crippen molar-refractivity contribution in [2.24, 2.45) is 11.8 Å². The molecular weight excluding hydrogens is 236 g/mol. The van der Waals surface area contributed by atoms with Crippen molar-refractivity contribution in [1.82, 2.24) is 5.43 Å². The van der Waals surface area contributed by atoms with Gasteiger partial charge in [0.15, 0.2) is 0 Å². The van der Waals surface area contributed by atoms with Crippen molar-refractivity contribution in [3.63, 3.8) is 0 Å². The Morgan fingerprint density at radius 1 is 1.32 bits per heavy atom. The van der Waals surface area contributed by atoms with Crippen molar-refractivity contribution in [1.29, 1.82) is 0 Å². The highest BCUT2D eigenvalue weighted by Crippen LogP contribution is 2.31. The topological polar surface area (TPSA) is 47.3 Å². The first-order valence-electron chi connectivity index (χ1n) is 7.14. The summed E-state index contributed by atoms with van der Waals surface area (Å²) < 4.78 is 5.49. The van der Waals surface area contributed by atoms with Crippen LogP contribution in [-0.4, -0.2) is 18.8 Å². The molecule has 19 heavy (non-hydrogen) atoms. The van der Waals surface area contributed by atoms with Gasteiger partial charge >= 0.3 is 0 Å². The Morgan fingerprint density at radius 3 is 2.37 bits per heavy atom. The summed E-state index contributed by atoms with van der Waals surface area (Å²) in [5.74, 6) is 6.37. The third-order valence-corrected chi connectivity index (χ3v) is 4.48. The third kappa shape index (κ3) is 3.56. The summed E-state index contributed by atoms with van der Waals surface area (Å²) in [5, 5.41) is 0. The minimum Gasteiger partial charge on any atom is -0.379 e. The number of hydrogen-bond donors (Lipinski definition) is 2. The second kappa shape index (κ2) is 6.04. The zero-order chi connectivity index (χ0) is 13.9. The number of hydrazine groups is 1. The summed E-state index contributed by atoms with van der Waals surface area (Å²) in [5.41, 5.74) is 5.92. The van der Waals surface area contributed by atoms with Crippen LogP contribution in [-0.2, 0) is 17.6 Å². The van der Waals surface area contributed by atoms with Gasteiger partial charge in [-0.1, -0.05) is 24.3 Å². The number of nitrogens with two attached hydrogens (primary N) is 1. The minimum absolute atomic E-state index is 0.0689. The second-order valence-electron chi connectivity index (χ2n) is 6.21. The standard InChI is InChI=1S/C16H26N2O/c1-16(2,19-3)9-8-15(18-17)14-10-12-6-4-5-7-13(12)11-14/h4-7,14-15,18H,8-11,17H2,1-3H3. The Morgan fingerprint density at radius 2 is 1.89 bits per heavy atom. The van der Waals surface area contributed by atoms with Crippen molar-refractivity contribution < 1.29 is 4.74 Å². The Hall–Kier alpha value is -0.900. The number of ether oxygens (including phenoxy) is 1. The molecule has 0 amide bonds. The molecule has 3 nitrogen and oxygen atoms in total. The third-order valence-electron chi connectivity index (χ3n) is 4.48. The second-order valence-corrected chi connectivity index (χ2v) is 6.21.